The molecule has 1 atom stereocenters. The molecule has 0 aliphatic heterocycles. The van der Waals surface area contributed by atoms with E-state index in [0.29, 0.717) is 11.7 Å². The Bertz CT molecular complexity index is 347. The van der Waals surface area contributed by atoms with Gasteiger partial charge in [-0.15, -0.1) is 9.24 Å². The van der Waals surface area contributed by atoms with Gasteiger partial charge in [0.05, 0.1) is 3.57 Å². The van der Waals surface area contributed by atoms with Gasteiger partial charge in [-0.1, -0.05) is 27.7 Å². The van der Waals surface area contributed by atoms with Gasteiger partial charge in [0.2, 0.25) is 0 Å². The maximum Gasteiger partial charge on any atom is 0.132 e. The number of phenols is 1. The van der Waals surface area contributed by atoms with Crippen molar-refractivity contribution in [2.45, 2.75) is 40.5 Å². The lowest BCUT2D eigenvalue weighted by Crippen LogP contribution is -2.10. The number of hydrogen-bond donors (Lipinski definition) is 1. The van der Waals surface area contributed by atoms with E-state index in [4.69, 9.17) is 0 Å². The zero-order valence-electron chi connectivity index (χ0n) is 10.4. The zero-order chi connectivity index (χ0) is 13.0. The Morgan fingerprint density at radius 2 is 1.56 bits per heavy atom. The molecule has 1 unspecified atom stereocenters. The van der Waals surface area contributed by atoms with Crippen molar-refractivity contribution in [3.8, 4) is 5.75 Å². The number of rotatable bonds is 1. The first-order chi connectivity index (χ1) is 7.37. The highest BCUT2D eigenvalue weighted by molar-refractivity contribution is 14.1. The molecule has 0 spiro atoms. The molecule has 0 amide bonds. The minimum absolute atomic E-state index is 0.430. The lowest BCUT2D eigenvalue weighted by atomic mass is 9.97. The fourth-order valence-corrected chi connectivity index (χ4v) is 4.29. The summed E-state index contributed by atoms with van der Waals surface area (Å²) in [5, 5.41) is 11.0. The molecule has 0 aliphatic rings. The first kappa shape index (κ1) is 16.9. The van der Waals surface area contributed by atoms with Crippen LogP contribution in [0, 0.1) is 14.1 Å². The molecule has 0 bridgehead atoms. The lowest BCUT2D eigenvalue weighted by molar-refractivity contribution is 0.466. The molecule has 0 saturated heterocycles. The average molecular weight is 464 g/mol. The maximum absolute atomic E-state index is 9.92. The van der Waals surface area contributed by atoms with Crippen LogP contribution in [-0.2, 0) is 0 Å². The van der Waals surface area contributed by atoms with Crippen molar-refractivity contribution in [3.05, 3.63) is 18.3 Å². The topological polar surface area (TPSA) is 20.2 Å². The van der Waals surface area contributed by atoms with E-state index in [1.165, 1.54) is 9.13 Å². The Hall–Kier alpha value is 0.910. The molecule has 1 aromatic carbocycles. The highest BCUT2D eigenvalue weighted by Gasteiger charge is 2.17. The molecule has 0 heterocycles. The first-order valence-electron chi connectivity index (χ1n) is 5.33. The molecule has 92 valence electrons. The first-order valence-corrected chi connectivity index (χ1v) is 8.07. The highest BCUT2D eigenvalue weighted by atomic mass is 127. The molecule has 16 heavy (non-hydrogen) atoms. The predicted molar refractivity (Wildman–Crippen MR) is 93.1 cm³/mol. The molecule has 0 aromatic heterocycles. The summed E-state index contributed by atoms with van der Waals surface area (Å²) in [4.78, 5) is 0. The summed E-state index contributed by atoms with van der Waals surface area (Å²) >= 11 is 4.54. The van der Waals surface area contributed by atoms with Gasteiger partial charge in [0.25, 0.3) is 0 Å². The second-order valence-corrected chi connectivity index (χ2v) is 6.32. The van der Waals surface area contributed by atoms with Gasteiger partial charge in [0.15, 0.2) is 0 Å². The number of benzene rings is 1. The molecule has 4 heteroatoms. The Morgan fingerprint density at radius 3 is 1.94 bits per heavy atom. The van der Waals surface area contributed by atoms with Crippen LogP contribution in [0.25, 0.3) is 0 Å². The van der Waals surface area contributed by atoms with E-state index in [0.717, 1.165) is 14.4 Å². The van der Waals surface area contributed by atoms with Crippen LogP contribution in [0.2, 0.25) is 0 Å². The normalized spacial score (nSPS) is 10.1. The largest absolute Gasteiger partial charge is 0.507 e. The van der Waals surface area contributed by atoms with Crippen molar-refractivity contribution in [1.29, 1.82) is 0 Å². The van der Waals surface area contributed by atoms with Crippen molar-refractivity contribution in [2.24, 2.45) is 0 Å². The third kappa shape index (κ3) is 3.45. The second kappa shape index (κ2) is 7.37. The third-order valence-electron chi connectivity index (χ3n) is 2.25. The molecule has 0 fully saturated rings. The van der Waals surface area contributed by atoms with Gasteiger partial charge < -0.3 is 5.11 Å². The second-order valence-electron chi connectivity index (χ2n) is 3.58. The fourth-order valence-electron chi connectivity index (χ4n) is 1.51. The Balaban J connectivity index is 0.00000106. The van der Waals surface area contributed by atoms with E-state index in [1.54, 1.807) is 0 Å². The van der Waals surface area contributed by atoms with Crippen molar-refractivity contribution < 1.29 is 5.11 Å². The third-order valence-corrected chi connectivity index (χ3v) is 6.26. The standard InChI is InChI=1S/C10H13I2OP.C2H6/c1-4(2)6-5(3)9(13)8(12)10(14)7(6)11;1-2/h4,13H,14H2,1-3H3;1-2H3. The van der Waals surface area contributed by atoms with Crippen LogP contribution in [0.15, 0.2) is 0 Å². The van der Waals surface area contributed by atoms with E-state index in [-0.39, 0.29) is 0 Å². The monoisotopic (exact) mass is 464 g/mol. The Labute approximate surface area is 128 Å². The van der Waals surface area contributed by atoms with Gasteiger partial charge in [-0.2, -0.15) is 0 Å². The molecule has 0 aliphatic carbocycles. The lowest BCUT2D eigenvalue weighted by Gasteiger charge is -2.17. The number of halogens is 2. The zero-order valence-corrected chi connectivity index (χ0v) is 15.8. The van der Waals surface area contributed by atoms with Gasteiger partial charge in [-0.3, -0.25) is 0 Å². The van der Waals surface area contributed by atoms with E-state index in [9.17, 15) is 5.11 Å². The number of phenolic OH excluding ortho intramolecular Hbond substituents is 1. The maximum atomic E-state index is 9.92. The van der Waals surface area contributed by atoms with E-state index in [1.807, 2.05) is 20.8 Å². The fraction of sp³-hybridized carbons (Fsp3) is 0.500. The Morgan fingerprint density at radius 1 is 1.12 bits per heavy atom. The van der Waals surface area contributed by atoms with E-state index in [2.05, 4.69) is 68.3 Å². The van der Waals surface area contributed by atoms with Crippen LogP contribution >= 0.6 is 54.4 Å². The highest BCUT2D eigenvalue weighted by Crippen LogP contribution is 2.34. The molecular formula is C12H19I2OP. The van der Waals surface area contributed by atoms with Crippen molar-refractivity contribution >= 4 is 59.7 Å². The molecule has 0 saturated carbocycles. The van der Waals surface area contributed by atoms with Crippen LogP contribution in [0.3, 0.4) is 0 Å². The van der Waals surface area contributed by atoms with Crippen molar-refractivity contribution in [2.75, 3.05) is 0 Å². The molecule has 1 N–H and O–H groups in total. The minimum Gasteiger partial charge on any atom is -0.507 e. The SMILES string of the molecule is CC.Cc1c(O)c(I)c(P)c(I)c1C(C)C. The van der Waals surface area contributed by atoms with Gasteiger partial charge >= 0.3 is 0 Å². The summed E-state index contributed by atoms with van der Waals surface area (Å²) < 4.78 is 2.20. The minimum atomic E-state index is 0.430. The van der Waals surface area contributed by atoms with Crippen molar-refractivity contribution in [1.82, 2.24) is 0 Å². The quantitative estimate of drug-likeness (QED) is 0.478. The summed E-state index contributed by atoms with van der Waals surface area (Å²) in [6.45, 7) is 10.3. The molecule has 1 aromatic rings. The smallest absolute Gasteiger partial charge is 0.132 e. The van der Waals surface area contributed by atoms with Gasteiger partial charge in [-0.05, 0) is 69.2 Å². The van der Waals surface area contributed by atoms with Gasteiger partial charge in [0.1, 0.15) is 5.75 Å². The predicted octanol–water partition coefficient (Wildman–Crippen LogP) is 4.56. The molecule has 1 rings (SSSR count). The average Bonchev–Trinajstić information content (AvgIpc) is 2.26. The van der Waals surface area contributed by atoms with E-state index < -0.39 is 0 Å². The number of aromatic hydroxyl groups is 1. The number of hydrogen-bond acceptors (Lipinski definition) is 1. The summed E-state index contributed by atoms with van der Waals surface area (Å²) in [5.41, 5.74) is 2.27. The van der Waals surface area contributed by atoms with Gasteiger partial charge in [0, 0.05) is 8.87 Å². The summed E-state index contributed by atoms with van der Waals surface area (Å²) in [5.74, 6) is 0.879. The van der Waals surface area contributed by atoms with Crippen LogP contribution in [0.4, 0.5) is 0 Å². The van der Waals surface area contributed by atoms with Crippen LogP contribution in [0.5, 0.6) is 5.75 Å². The molecular weight excluding hydrogens is 445 g/mol. The van der Waals surface area contributed by atoms with Gasteiger partial charge in [-0.25, -0.2) is 0 Å². The van der Waals surface area contributed by atoms with E-state index >= 15 is 0 Å². The summed E-state index contributed by atoms with van der Waals surface area (Å²) in [6.07, 6.45) is 0. The molecule has 0 radical (unpaired) electrons. The van der Waals surface area contributed by atoms with Crippen LogP contribution in [-0.4, -0.2) is 5.11 Å². The Kier molecular flexibility index (Phi) is 7.79. The van der Waals surface area contributed by atoms with Crippen LogP contribution < -0.4 is 5.30 Å². The summed E-state index contributed by atoms with van der Waals surface area (Å²) in [6, 6.07) is 0. The summed E-state index contributed by atoms with van der Waals surface area (Å²) in [7, 11) is 2.71. The van der Waals surface area contributed by atoms with Crippen molar-refractivity contribution in [3.63, 3.8) is 0 Å². The molecule has 1 nitrogen and oxygen atoms in total. The van der Waals surface area contributed by atoms with Crippen LogP contribution in [0.1, 0.15) is 44.7 Å².